The fourth-order valence-electron chi connectivity index (χ4n) is 5.12. The molecule has 0 bridgehead atoms. The number of nitrogens with two attached hydrogens (primary N) is 1. The van der Waals surface area contributed by atoms with Gasteiger partial charge in [0.15, 0.2) is 17.7 Å². The number of nitrogen functional groups attached to an aromatic ring is 1. The smallest absolute Gasteiger partial charge is 0.167 e. The number of ether oxygens (including phenoxy) is 1. The van der Waals surface area contributed by atoms with E-state index in [0.717, 1.165) is 17.3 Å². The van der Waals surface area contributed by atoms with Crippen LogP contribution in [-0.2, 0) is 11.2 Å². The van der Waals surface area contributed by atoms with Crippen molar-refractivity contribution in [1.29, 1.82) is 0 Å². The lowest BCUT2D eigenvalue weighted by molar-refractivity contribution is -0.169. The molecule has 1 aromatic carbocycles. The number of anilines is 1. The predicted octanol–water partition coefficient (Wildman–Crippen LogP) is 2.25. The Morgan fingerprint density at radius 1 is 1.16 bits per heavy atom. The summed E-state index contributed by atoms with van der Waals surface area (Å²) in [7, 11) is 0. The number of fused-ring (bicyclic) bond motifs is 2. The van der Waals surface area contributed by atoms with Crippen molar-refractivity contribution in [2.75, 3.05) is 5.73 Å². The van der Waals surface area contributed by atoms with Crippen LogP contribution in [0.4, 0.5) is 5.82 Å². The molecule has 2 fully saturated rings. The second kappa shape index (κ2) is 7.08. The van der Waals surface area contributed by atoms with Gasteiger partial charge in [0.25, 0.3) is 0 Å². The van der Waals surface area contributed by atoms with E-state index in [0.29, 0.717) is 34.9 Å². The van der Waals surface area contributed by atoms with Gasteiger partial charge in [-0.05, 0) is 42.9 Å². The van der Waals surface area contributed by atoms with E-state index < -0.39 is 24.0 Å². The summed E-state index contributed by atoms with van der Waals surface area (Å²) in [6, 6.07) is 8.07. The molecular formula is C22H21ClN6O3. The van der Waals surface area contributed by atoms with Crippen LogP contribution in [0, 0.1) is 5.92 Å². The Kier molecular flexibility index (Phi) is 4.38. The van der Waals surface area contributed by atoms with Gasteiger partial charge in [-0.2, -0.15) is 0 Å². The first kappa shape index (κ1) is 19.8. The molecule has 1 saturated carbocycles. The third-order valence-electron chi connectivity index (χ3n) is 6.68. The van der Waals surface area contributed by atoms with Crippen LogP contribution in [0.3, 0.4) is 0 Å². The van der Waals surface area contributed by atoms with E-state index in [-0.39, 0.29) is 5.82 Å². The zero-order valence-electron chi connectivity index (χ0n) is 17.0. The molecular weight excluding hydrogens is 432 g/mol. The molecule has 0 amide bonds. The standard InChI is InChI=1S/C22H21ClN6O3/c23-14-5-13-2-1-11(4-15(13)25-8-14)3-12-6-22(7-12)18(31)17(30)21(32-22)29-10-28-16-19(24)26-9-27-20(16)29/h1-2,4-5,8-10,12,17-18,21,30-31H,3,6-7H2,(H2,24,26,27)/t12?,17-,18+,21-,22?/m1/s1. The van der Waals surface area contributed by atoms with Crippen LogP contribution in [0.2, 0.25) is 5.02 Å². The minimum atomic E-state index is -1.10. The molecule has 10 heteroatoms. The van der Waals surface area contributed by atoms with Gasteiger partial charge in [0.2, 0.25) is 0 Å². The van der Waals surface area contributed by atoms with Gasteiger partial charge in [0, 0.05) is 11.6 Å². The zero-order chi connectivity index (χ0) is 22.0. The Balaban J connectivity index is 1.20. The third-order valence-corrected chi connectivity index (χ3v) is 6.89. The van der Waals surface area contributed by atoms with Crippen molar-refractivity contribution in [3.63, 3.8) is 0 Å². The van der Waals surface area contributed by atoms with Crippen molar-refractivity contribution in [1.82, 2.24) is 24.5 Å². The molecule has 1 aliphatic heterocycles. The molecule has 32 heavy (non-hydrogen) atoms. The van der Waals surface area contributed by atoms with Gasteiger partial charge in [-0.3, -0.25) is 9.55 Å². The van der Waals surface area contributed by atoms with E-state index in [2.05, 4.69) is 32.1 Å². The highest BCUT2D eigenvalue weighted by Crippen LogP contribution is 2.53. The van der Waals surface area contributed by atoms with E-state index in [1.807, 2.05) is 12.1 Å². The molecule has 2 aliphatic rings. The Morgan fingerprint density at radius 2 is 2.00 bits per heavy atom. The van der Waals surface area contributed by atoms with Gasteiger partial charge in [-0.15, -0.1) is 0 Å². The van der Waals surface area contributed by atoms with Crippen LogP contribution in [0.25, 0.3) is 22.1 Å². The fourth-order valence-corrected chi connectivity index (χ4v) is 5.29. The zero-order valence-corrected chi connectivity index (χ0v) is 17.7. The molecule has 4 aromatic rings. The number of nitrogens with zero attached hydrogens (tertiary/aromatic N) is 5. The van der Waals surface area contributed by atoms with Gasteiger partial charge in [0.1, 0.15) is 29.7 Å². The number of hydrogen-bond acceptors (Lipinski definition) is 8. The van der Waals surface area contributed by atoms with Gasteiger partial charge in [-0.1, -0.05) is 23.7 Å². The Labute approximate surface area is 187 Å². The van der Waals surface area contributed by atoms with Crippen LogP contribution < -0.4 is 5.73 Å². The summed E-state index contributed by atoms with van der Waals surface area (Å²) in [6.07, 6.45) is 3.76. The van der Waals surface area contributed by atoms with Crippen molar-refractivity contribution in [2.45, 2.75) is 43.3 Å². The molecule has 4 N–H and O–H groups in total. The van der Waals surface area contributed by atoms with Gasteiger partial charge in [0.05, 0.1) is 16.9 Å². The average molecular weight is 453 g/mol. The summed E-state index contributed by atoms with van der Waals surface area (Å²) in [5.74, 6) is 0.588. The first-order valence-corrected chi connectivity index (χ1v) is 10.8. The third kappa shape index (κ3) is 2.96. The summed E-state index contributed by atoms with van der Waals surface area (Å²) in [4.78, 5) is 16.8. The Bertz CT molecular complexity index is 1340. The SMILES string of the molecule is Nc1ncnc2c1ncn2[C@@H]1OC2(CC(Cc3ccc4cc(Cl)cnc4c3)C2)[C@@H](O)[C@H]1O. The Hall–Kier alpha value is -2.85. The number of hydrogen-bond donors (Lipinski definition) is 3. The van der Waals surface area contributed by atoms with E-state index in [9.17, 15) is 10.2 Å². The molecule has 1 spiro atoms. The van der Waals surface area contributed by atoms with E-state index in [1.165, 1.54) is 18.2 Å². The van der Waals surface area contributed by atoms with Crippen molar-refractivity contribution in [3.8, 4) is 0 Å². The molecule has 3 atom stereocenters. The number of benzene rings is 1. The van der Waals surface area contributed by atoms with Crippen LogP contribution in [-0.4, -0.2) is 52.5 Å². The number of rotatable bonds is 3. The van der Waals surface area contributed by atoms with Crippen molar-refractivity contribution in [3.05, 3.63) is 53.7 Å². The minimum Gasteiger partial charge on any atom is -0.387 e. The van der Waals surface area contributed by atoms with Gasteiger partial charge < -0.3 is 20.7 Å². The molecule has 4 heterocycles. The average Bonchev–Trinajstić information content (AvgIpc) is 3.29. The van der Waals surface area contributed by atoms with Crippen LogP contribution >= 0.6 is 11.6 Å². The maximum atomic E-state index is 10.8. The van der Waals surface area contributed by atoms with Crippen molar-refractivity contribution in [2.24, 2.45) is 5.92 Å². The summed E-state index contributed by atoms with van der Waals surface area (Å²) < 4.78 is 7.86. The highest BCUT2D eigenvalue weighted by Gasteiger charge is 2.60. The highest BCUT2D eigenvalue weighted by atomic mass is 35.5. The topological polar surface area (TPSA) is 132 Å². The van der Waals surface area contributed by atoms with Crippen LogP contribution in [0.5, 0.6) is 0 Å². The quantitative estimate of drug-likeness (QED) is 0.431. The first-order chi connectivity index (χ1) is 15.4. The van der Waals surface area contributed by atoms with Gasteiger partial charge in [-0.25, -0.2) is 15.0 Å². The van der Waals surface area contributed by atoms with Crippen molar-refractivity contribution < 1.29 is 14.9 Å². The molecule has 164 valence electrons. The first-order valence-electron chi connectivity index (χ1n) is 10.4. The Morgan fingerprint density at radius 3 is 2.84 bits per heavy atom. The molecule has 0 radical (unpaired) electrons. The number of imidazole rings is 1. The van der Waals surface area contributed by atoms with Crippen LogP contribution in [0.1, 0.15) is 24.6 Å². The second-order valence-electron chi connectivity index (χ2n) is 8.75. The normalized spacial score (nSPS) is 29.7. The maximum absolute atomic E-state index is 10.8. The predicted molar refractivity (Wildman–Crippen MR) is 118 cm³/mol. The highest BCUT2D eigenvalue weighted by molar-refractivity contribution is 6.31. The minimum absolute atomic E-state index is 0.257. The number of pyridine rings is 1. The fraction of sp³-hybridized carbons (Fsp3) is 0.364. The lowest BCUT2D eigenvalue weighted by Crippen LogP contribution is -2.53. The molecule has 0 unspecified atom stereocenters. The summed E-state index contributed by atoms with van der Waals surface area (Å²) in [6.45, 7) is 0. The molecule has 1 saturated heterocycles. The number of aromatic nitrogens is 5. The lowest BCUT2D eigenvalue weighted by Gasteiger charge is -2.46. The molecule has 3 aromatic heterocycles. The number of halogens is 1. The van der Waals surface area contributed by atoms with E-state index >= 15 is 0 Å². The second-order valence-corrected chi connectivity index (χ2v) is 9.19. The summed E-state index contributed by atoms with van der Waals surface area (Å²) >= 11 is 6.02. The number of aliphatic hydroxyl groups is 2. The summed E-state index contributed by atoms with van der Waals surface area (Å²) in [5, 5.41) is 23.2. The molecule has 9 nitrogen and oxygen atoms in total. The van der Waals surface area contributed by atoms with Gasteiger partial charge >= 0.3 is 0 Å². The molecule has 1 aliphatic carbocycles. The molecule has 6 rings (SSSR count). The van der Waals surface area contributed by atoms with Crippen molar-refractivity contribution >= 4 is 39.5 Å². The largest absolute Gasteiger partial charge is 0.387 e. The van der Waals surface area contributed by atoms with E-state index in [4.69, 9.17) is 22.1 Å². The van der Waals surface area contributed by atoms with E-state index in [1.54, 1.807) is 10.8 Å². The number of aliphatic hydroxyl groups excluding tert-OH is 2. The van der Waals surface area contributed by atoms with Crippen LogP contribution in [0.15, 0.2) is 43.1 Å². The monoisotopic (exact) mass is 452 g/mol. The summed E-state index contributed by atoms with van der Waals surface area (Å²) in [5.41, 5.74) is 8.06. The maximum Gasteiger partial charge on any atom is 0.167 e. The lowest BCUT2D eigenvalue weighted by atomic mass is 9.66.